The molecule has 0 aliphatic rings. The first kappa shape index (κ1) is 19.6. The van der Waals surface area contributed by atoms with Gasteiger partial charge in [-0.15, -0.1) is 0 Å². The molecule has 2 rings (SSSR count). The van der Waals surface area contributed by atoms with Gasteiger partial charge in [-0.3, -0.25) is 9.69 Å². The normalized spacial score (nSPS) is 10.8. The molecule has 0 radical (unpaired) electrons. The molecule has 0 aliphatic heterocycles. The molecule has 0 spiro atoms. The van der Waals surface area contributed by atoms with Gasteiger partial charge >= 0.3 is 6.61 Å². The number of nitrogens with one attached hydrogen (secondary N) is 1. The van der Waals surface area contributed by atoms with Crippen LogP contribution in [0.2, 0.25) is 0 Å². The fourth-order valence-electron chi connectivity index (χ4n) is 2.13. The first-order chi connectivity index (χ1) is 12.4. The minimum Gasteiger partial charge on any atom is -0.492 e. The molecule has 0 heterocycles. The number of hydrogen-bond donors (Lipinski definition) is 1. The van der Waals surface area contributed by atoms with Crippen LogP contribution in [-0.2, 0) is 4.79 Å². The maximum absolute atomic E-state index is 12.8. The van der Waals surface area contributed by atoms with Crippen LogP contribution in [0.4, 0.5) is 18.9 Å². The van der Waals surface area contributed by atoms with Crippen molar-refractivity contribution in [2.24, 2.45) is 0 Å². The Morgan fingerprint density at radius 2 is 1.85 bits per heavy atom. The predicted molar refractivity (Wildman–Crippen MR) is 91.1 cm³/mol. The topological polar surface area (TPSA) is 50.8 Å². The van der Waals surface area contributed by atoms with E-state index >= 15 is 0 Å². The number of nitrogens with zero attached hydrogens (tertiary/aromatic N) is 1. The van der Waals surface area contributed by atoms with Crippen molar-refractivity contribution in [3.63, 3.8) is 0 Å². The summed E-state index contributed by atoms with van der Waals surface area (Å²) in [4.78, 5) is 13.8. The number of likely N-dealkylation sites (N-methyl/N-ethyl adjacent to an activating group) is 1. The van der Waals surface area contributed by atoms with Crippen LogP contribution in [0.1, 0.15) is 0 Å². The van der Waals surface area contributed by atoms with E-state index in [-0.39, 0.29) is 29.7 Å². The Hall–Kier alpha value is -2.74. The van der Waals surface area contributed by atoms with Crippen LogP contribution < -0.4 is 14.8 Å². The van der Waals surface area contributed by atoms with E-state index in [9.17, 15) is 18.0 Å². The number of carbonyl (C=O) groups is 1. The lowest BCUT2D eigenvalue weighted by atomic mass is 10.3. The Kier molecular flexibility index (Phi) is 7.28. The third-order valence-electron chi connectivity index (χ3n) is 3.35. The molecule has 0 unspecified atom stereocenters. The Bertz CT molecular complexity index is 711. The smallest absolute Gasteiger partial charge is 0.387 e. The van der Waals surface area contributed by atoms with Gasteiger partial charge in [0.15, 0.2) is 0 Å². The molecular weight excluding hydrogens is 349 g/mol. The average molecular weight is 368 g/mol. The van der Waals surface area contributed by atoms with E-state index in [0.29, 0.717) is 18.9 Å². The number of anilines is 1. The summed E-state index contributed by atoms with van der Waals surface area (Å²) in [6.45, 7) is -2.18. The van der Waals surface area contributed by atoms with E-state index in [1.54, 1.807) is 18.0 Å². The highest BCUT2D eigenvalue weighted by Gasteiger charge is 2.13. The molecule has 2 aromatic rings. The fourth-order valence-corrected chi connectivity index (χ4v) is 2.13. The number of alkyl halides is 2. The molecule has 0 bridgehead atoms. The van der Waals surface area contributed by atoms with Crippen molar-refractivity contribution < 1.29 is 27.4 Å². The first-order valence-corrected chi connectivity index (χ1v) is 7.84. The second-order valence-electron chi connectivity index (χ2n) is 5.46. The molecule has 2 aromatic carbocycles. The summed E-state index contributed by atoms with van der Waals surface area (Å²) >= 11 is 0. The van der Waals surface area contributed by atoms with Gasteiger partial charge in [-0.2, -0.15) is 8.78 Å². The van der Waals surface area contributed by atoms with E-state index in [0.717, 1.165) is 0 Å². The summed E-state index contributed by atoms with van der Waals surface area (Å²) in [5.41, 5.74) is 0.175. The van der Waals surface area contributed by atoms with Crippen LogP contribution in [0.5, 0.6) is 11.5 Å². The highest BCUT2D eigenvalue weighted by Crippen LogP contribution is 2.25. The van der Waals surface area contributed by atoms with E-state index < -0.39 is 6.61 Å². The van der Waals surface area contributed by atoms with E-state index in [4.69, 9.17) is 4.74 Å². The average Bonchev–Trinajstić information content (AvgIpc) is 2.58. The van der Waals surface area contributed by atoms with Gasteiger partial charge in [-0.25, -0.2) is 4.39 Å². The summed E-state index contributed by atoms with van der Waals surface area (Å²) in [7, 11) is 1.72. The van der Waals surface area contributed by atoms with Crippen LogP contribution in [0.15, 0.2) is 48.5 Å². The lowest BCUT2D eigenvalue weighted by molar-refractivity contribution is -0.117. The standard InChI is InChI=1S/C18H19F3N2O3/c1-23(10-11-25-14-8-6-13(19)7-9-14)12-17(24)22-15-4-2-3-5-16(15)26-18(20)21/h2-9,18H,10-12H2,1H3,(H,22,24). The minimum atomic E-state index is -2.97. The quantitative estimate of drug-likeness (QED) is 0.737. The van der Waals surface area contributed by atoms with Crippen LogP contribution in [0.3, 0.4) is 0 Å². The van der Waals surface area contributed by atoms with Crippen molar-refractivity contribution in [2.75, 3.05) is 32.1 Å². The third-order valence-corrected chi connectivity index (χ3v) is 3.35. The van der Waals surface area contributed by atoms with Crippen LogP contribution >= 0.6 is 0 Å². The number of para-hydroxylation sites is 2. The zero-order valence-corrected chi connectivity index (χ0v) is 14.1. The first-order valence-electron chi connectivity index (χ1n) is 7.84. The van der Waals surface area contributed by atoms with Gasteiger partial charge in [-0.05, 0) is 43.4 Å². The number of benzene rings is 2. The van der Waals surface area contributed by atoms with E-state index in [1.165, 1.54) is 42.5 Å². The van der Waals surface area contributed by atoms with E-state index in [2.05, 4.69) is 10.1 Å². The second-order valence-corrected chi connectivity index (χ2v) is 5.46. The number of amides is 1. The summed E-state index contributed by atoms with van der Waals surface area (Å²) in [5.74, 6) is -0.290. The van der Waals surface area contributed by atoms with E-state index in [1.807, 2.05) is 0 Å². The number of carbonyl (C=O) groups excluding carboxylic acids is 1. The van der Waals surface area contributed by atoms with Crippen molar-refractivity contribution in [3.8, 4) is 11.5 Å². The SMILES string of the molecule is CN(CCOc1ccc(F)cc1)CC(=O)Nc1ccccc1OC(F)F. The summed E-state index contributed by atoms with van der Waals surface area (Å²) in [6, 6.07) is 11.6. The zero-order chi connectivity index (χ0) is 18.9. The molecule has 0 fully saturated rings. The van der Waals surface area contributed by atoms with Crippen LogP contribution in [-0.4, -0.2) is 44.2 Å². The molecule has 8 heteroatoms. The molecule has 140 valence electrons. The number of hydrogen-bond acceptors (Lipinski definition) is 4. The lowest BCUT2D eigenvalue weighted by Crippen LogP contribution is -2.33. The molecule has 1 amide bonds. The highest BCUT2D eigenvalue weighted by molar-refractivity contribution is 5.93. The Labute approximate surface area is 149 Å². The molecular formula is C18H19F3N2O3. The largest absolute Gasteiger partial charge is 0.492 e. The monoisotopic (exact) mass is 368 g/mol. The van der Waals surface area contributed by atoms with Gasteiger partial charge in [0.05, 0.1) is 12.2 Å². The highest BCUT2D eigenvalue weighted by atomic mass is 19.3. The fraction of sp³-hybridized carbons (Fsp3) is 0.278. The van der Waals surface area contributed by atoms with Gasteiger partial charge < -0.3 is 14.8 Å². The van der Waals surface area contributed by atoms with Gasteiger partial charge in [0.1, 0.15) is 23.9 Å². The molecule has 0 saturated heterocycles. The van der Waals surface area contributed by atoms with Crippen molar-refractivity contribution in [1.29, 1.82) is 0 Å². The van der Waals surface area contributed by atoms with Crippen molar-refractivity contribution in [2.45, 2.75) is 6.61 Å². The summed E-state index contributed by atoms with van der Waals surface area (Å²) in [6.07, 6.45) is 0. The van der Waals surface area contributed by atoms with Crippen molar-refractivity contribution in [1.82, 2.24) is 4.90 Å². The number of ether oxygens (including phenoxy) is 2. The van der Waals surface area contributed by atoms with Crippen LogP contribution in [0, 0.1) is 5.82 Å². The molecule has 26 heavy (non-hydrogen) atoms. The van der Waals surface area contributed by atoms with Gasteiger partial charge in [0.2, 0.25) is 5.91 Å². The van der Waals surface area contributed by atoms with Crippen LogP contribution in [0.25, 0.3) is 0 Å². The van der Waals surface area contributed by atoms with Crippen molar-refractivity contribution >= 4 is 11.6 Å². The molecule has 0 aromatic heterocycles. The van der Waals surface area contributed by atoms with Crippen molar-refractivity contribution in [3.05, 3.63) is 54.3 Å². The molecule has 0 aliphatic carbocycles. The Morgan fingerprint density at radius 3 is 2.54 bits per heavy atom. The number of rotatable bonds is 9. The lowest BCUT2D eigenvalue weighted by Gasteiger charge is -2.17. The molecule has 0 atom stereocenters. The number of halogens is 3. The van der Waals surface area contributed by atoms with Gasteiger partial charge in [-0.1, -0.05) is 12.1 Å². The maximum Gasteiger partial charge on any atom is 0.387 e. The minimum absolute atomic E-state index is 0.0375. The Balaban J connectivity index is 1.77. The third kappa shape index (κ3) is 6.64. The zero-order valence-electron chi connectivity index (χ0n) is 14.1. The Morgan fingerprint density at radius 1 is 1.15 bits per heavy atom. The maximum atomic E-state index is 12.8. The molecule has 1 N–H and O–H groups in total. The van der Waals surface area contributed by atoms with Gasteiger partial charge in [0.25, 0.3) is 0 Å². The molecule has 0 saturated carbocycles. The molecule has 5 nitrogen and oxygen atoms in total. The summed E-state index contributed by atoms with van der Waals surface area (Å²) in [5, 5.41) is 2.54. The summed E-state index contributed by atoms with van der Waals surface area (Å²) < 4.78 is 47.4. The second kappa shape index (κ2) is 9.67. The predicted octanol–water partition coefficient (Wildman–Crippen LogP) is 3.38. The van der Waals surface area contributed by atoms with Gasteiger partial charge in [0, 0.05) is 6.54 Å².